The van der Waals surface area contributed by atoms with Crippen LogP contribution in [0, 0.1) is 0 Å². The Morgan fingerprint density at radius 2 is 2.00 bits per heavy atom. The molecule has 8 heteroatoms. The second kappa shape index (κ2) is 7.63. The second-order valence-corrected chi connectivity index (χ2v) is 7.73. The maximum atomic E-state index is 12.5. The molecule has 1 aliphatic heterocycles. The molecule has 0 spiro atoms. The van der Waals surface area contributed by atoms with Crippen LogP contribution in [0.15, 0.2) is 21.5 Å². The summed E-state index contributed by atoms with van der Waals surface area (Å²) in [6.45, 7) is 1.30. The lowest BCUT2D eigenvalue weighted by molar-refractivity contribution is 0.383. The molecule has 0 unspecified atom stereocenters. The molecule has 0 bridgehead atoms. The SMILES string of the molecule is COc1cc(OC)c(S(=O)(=O)NC[C@@H]2CCCCN2)cc1Br. The Balaban J connectivity index is 2.19. The highest BCUT2D eigenvalue weighted by Crippen LogP contribution is 2.35. The zero-order valence-corrected chi connectivity index (χ0v) is 15.1. The zero-order valence-electron chi connectivity index (χ0n) is 12.7. The van der Waals surface area contributed by atoms with Gasteiger partial charge in [-0.2, -0.15) is 0 Å². The van der Waals surface area contributed by atoms with Gasteiger partial charge in [0.15, 0.2) is 0 Å². The topological polar surface area (TPSA) is 76.7 Å². The van der Waals surface area contributed by atoms with E-state index < -0.39 is 10.0 Å². The normalized spacial score (nSPS) is 19.0. The van der Waals surface area contributed by atoms with Gasteiger partial charge in [0.05, 0.1) is 18.7 Å². The Morgan fingerprint density at radius 3 is 2.59 bits per heavy atom. The monoisotopic (exact) mass is 392 g/mol. The summed E-state index contributed by atoms with van der Waals surface area (Å²) >= 11 is 3.31. The van der Waals surface area contributed by atoms with Gasteiger partial charge in [-0.05, 0) is 41.4 Å². The van der Waals surface area contributed by atoms with E-state index in [0.717, 1.165) is 25.8 Å². The highest BCUT2D eigenvalue weighted by atomic mass is 79.9. The molecular weight excluding hydrogens is 372 g/mol. The highest BCUT2D eigenvalue weighted by molar-refractivity contribution is 9.10. The van der Waals surface area contributed by atoms with E-state index in [2.05, 4.69) is 26.0 Å². The van der Waals surface area contributed by atoms with Gasteiger partial charge in [-0.15, -0.1) is 0 Å². The number of benzene rings is 1. The van der Waals surface area contributed by atoms with Crippen LogP contribution in [-0.2, 0) is 10.0 Å². The number of hydrogen-bond acceptors (Lipinski definition) is 5. The van der Waals surface area contributed by atoms with E-state index in [1.165, 1.54) is 20.3 Å². The summed E-state index contributed by atoms with van der Waals surface area (Å²) < 4.78 is 38.6. The second-order valence-electron chi connectivity index (χ2n) is 5.14. The van der Waals surface area contributed by atoms with Crippen molar-refractivity contribution in [2.24, 2.45) is 0 Å². The van der Waals surface area contributed by atoms with Crippen LogP contribution in [0.4, 0.5) is 0 Å². The Morgan fingerprint density at radius 1 is 1.27 bits per heavy atom. The molecule has 1 aromatic carbocycles. The number of methoxy groups -OCH3 is 2. The maximum absolute atomic E-state index is 12.5. The molecule has 1 fully saturated rings. The molecule has 0 aliphatic carbocycles. The lowest BCUT2D eigenvalue weighted by Gasteiger charge is -2.23. The van der Waals surface area contributed by atoms with E-state index in [9.17, 15) is 8.42 Å². The first-order valence-corrected chi connectivity index (χ1v) is 9.40. The van der Waals surface area contributed by atoms with Crippen molar-refractivity contribution in [1.82, 2.24) is 10.0 Å². The van der Waals surface area contributed by atoms with Gasteiger partial charge in [-0.1, -0.05) is 6.42 Å². The van der Waals surface area contributed by atoms with Gasteiger partial charge in [-0.3, -0.25) is 0 Å². The smallest absolute Gasteiger partial charge is 0.244 e. The summed E-state index contributed by atoms with van der Waals surface area (Å²) in [4.78, 5) is 0.0958. The molecule has 0 radical (unpaired) electrons. The Hall–Kier alpha value is -0.830. The molecular formula is C14H21BrN2O4S. The zero-order chi connectivity index (χ0) is 16.2. The van der Waals surface area contributed by atoms with Gasteiger partial charge in [-0.25, -0.2) is 13.1 Å². The highest BCUT2D eigenvalue weighted by Gasteiger charge is 2.23. The molecule has 1 atom stereocenters. The predicted molar refractivity (Wildman–Crippen MR) is 88.1 cm³/mol. The fraction of sp³-hybridized carbons (Fsp3) is 0.571. The number of sulfonamides is 1. The van der Waals surface area contributed by atoms with Crippen LogP contribution in [0.1, 0.15) is 19.3 Å². The number of hydrogen-bond donors (Lipinski definition) is 2. The van der Waals surface area contributed by atoms with Gasteiger partial charge < -0.3 is 14.8 Å². The first kappa shape index (κ1) is 17.5. The Bertz CT molecular complexity index is 616. The number of ether oxygens (including phenoxy) is 2. The molecule has 0 aromatic heterocycles. The van der Waals surface area contributed by atoms with E-state index >= 15 is 0 Å². The van der Waals surface area contributed by atoms with Crippen LogP contribution < -0.4 is 19.5 Å². The summed E-state index contributed by atoms with van der Waals surface area (Å²) in [6, 6.07) is 3.22. The summed E-state index contributed by atoms with van der Waals surface area (Å²) in [5, 5.41) is 3.31. The lowest BCUT2D eigenvalue weighted by Crippen LogP contribution is -2.43. The van der Waals surface area contributed by atoms with Gasteiger partial charge in [0, 0.05) is 18.7 Å². The van der Waals surface area contributed by atoms with E-state index in [1.54, 1.807) is 6.07 Å². The molecule has 2 N–H and O–H groups in total. The molecule has 1 saturated heterocycles. The van der Waals surface area contributed by atoms with Gasteiger partial charge in [0.2, 0.25) is 10.0 Å². The van der Waals surface area contributed by atoms with Crippen molar-refractivity contribution >= 4 is 26.0 Å². The fourth-order valence-electron chi connectivity index (χ4n) is 2.43. The minimum Gasteiger partial charge on any atom is -0.495 e. The van der Waals surface area contributed by atoms with Crippen molar-refractivity contribution < 1.29 is 17.9 Å². The van der Waals surface area contributed by atoms with Crippen molar-refractivity contribution in [3.05, 3.63) is 16.6 Å². The van der Waals surface area contributed by atoms with E-state index in [-0.39, 0.29) is 16.7 Å². The van der Waals surface area contributed by atoms with E-state index in [0.29, 0.717) is 16.8 Å². The largest absolute Gasteiger partial charge is 0.495 e. The summed E-state index contributed by atoms with van der Waals surface area (Å²) in [7, 11) is -0.701. The number of halogens is 1. The minimum absolute atomic E-state index is 0.0958. The van der Waals surface area contributed by atoms with Crippen LogP contribution >= 0.6 is 15.9 Å². The van der Waals surface area contributed by atoms with Gasteiger partial charge >= 0.3 is 0 Å². The Labute approximate surface area is 139 Å². The molecule has 1 aromatic rings. The number of nitrogens with one attached hydrogen (secondary N) is 2. The fourth-order valence-corrected chi connectivity index (χ4v) is 4.34. The van der Waals surface area contributed by atoms with Crippen molar-refractivity contribution in [3.8, 4) is 11.5 Å². The van der Waals surface area contributed by atoms with E-state index in [1.807, 2.05) is 0 Å². The average molecular weight is 393 g/mol. The quantitative estimate of drug-likeness (QED) is 0.772. The maximum Gasteiger partial charge on any atom is 0.244 e. The molecule has 2 rings (SSSR count). The predicted octanol–water partition coefficient (Wildman–Crippen LogP) is 1.89. The van der Waals surface area contributed by atoms with Crippen LogP contribution in [-0.4, -0.2) is 41.8 Å². The standard InChI is InChI=1S/C14H21BrN2O4S/c1-20-12-8-13(21-2)14(7-11(12)15)22(18,19)17-9-10-5-3-4-6-16-10/h7-8,10,16-17H,3-6,9H2,1-2H3/t10-/m0/s1. The molecule has 1 aliphatic rings. The first-order valence-electron chi connectivity index (χ1n) is 7.12. The summed E-state index contributed by atoms with van der Waals surface area (Å²) in [6.07, 6.45) is 3.24. The number of rotatable bonds is 6. The van der Waals surface area contributed by atoms with Crippen LogP contribution in [0.5, 0.6) is 11.5 Å². The number of piperidine rings is 1. The molecule has 22 heavy (non-hydrogen) atoms. The lowest BCUT2D eigenvalue weighted by atomic mass is 10.1. The first-order chi connectivity index (χ1) is 10.5. The molecule has 124 valence electrons. The molecule has 0 amide bonds. The van der Waals surface area contributed by atoms with Crippen LogP contribution in [0.25, 0.3) is 0 Å². The van der Waals surface area contributed by atoms with Crippen LogP contribution in [0.2, 0.25) is 0 Å². The van der Waals surface area contributed by atoms with Crippen molar-refractivity contribution in [2.75, 3.05) is 27.3 Å². The van der Waals surface area contributed by atoms with Gasteiger partial charge in [0.25, 0.3) is 0 Å². The molecule has 0 saturated carbocycles. The van der Waals surface area contributed by atoms with Gasteiger partial charge in [0.1, 0.15) is 16.4 Å². The Kier molecular flexibility index (Phi) is 6.08. The summed E-state index contributed by atoms with van der Waals surface area (Å²) in [5.74, 6) is 0.772. The third kappa shape index (κ3) is 4.13. The average Bonchev–Trinajstić information content (AvgIpc) is 2.53. The summed E-state index contributed by atoms with van der Waals surface area (Å²) in [5.41, 5.74) is 0. The molecule has 1 heterocycles. The van der Waals surface area contributed by atoms with E-state index in [4.69, 9.17) is 9.47 Å². The third-order valence-corrected chi connectivity index (χ3v) is 5.72. The minimum atomic E-state index is -3.65. The van der Waals surface area contributed by atoms with Crippen molar-refractivity contribution in [1.29, 1.82) is 0 Å². The van der Waals surface area contributed by atoms with Crippen molar-refractivity contribution in [3.63, 3.8) is 0 Å². The van der Waals surface area contributed by atoms with Crippen LogP contribution in [0.3, 0.4) is 0 Å². The third-order valence-electron chi connectivity index (χ3n) is 3.66. The molecule has 6 nitrogen and oxygen atoms in total. The van der Waals surface area contributed by atoms with Crippen molar-refractivity contribution in [2.45, 2.75) is 30.2 Å².